The molecule has 2 heterocycles. The van der Waals surface area contributed by atoms with Crippen molar-refractivity contribution >= 4 is 11.9 Å². The normalized spacial score (nSPS) is 19.1. The number of aromatic nitrogens is 2. The van der Waals surface area contributed by atoms with Crippen LogP contribution < -0.4 is 10.6 Å². The van der Waals surface area contributed by atoms with Gasteiger partial charge in [0.15, 0.2) is 0 Å². The van der Waals surface area contributed by atoms with Crippen molar-refractivity contribution in [1.29, 1.82) is 0 Å². The van der Waals surface area contributed by atoms with E-state index in [-0.39, 0.29) is 0 Å². The molecule has 5 nitrogen and oxygen atoms in total. The Hall–Kier alpha value is -2.43. The molecule has 2 N–H and O–H groups in total. The predicted molar refractivity (Wildman–Crippen MR) is 84.8 cm³/mol. The van der Waals surface area contributed by atoms with Crippen molar-refractivity contribution in [3.05, 3.63) is 41.1 Å². The number of benzene rings is 1. The summed E-state index contributed by atoms with van der Waals surface area (Å²) in [5.41, 5.74) is 10.3. The molecule has 0 radical (unpaired) electrons. The van der Waals surface area contributed by atoms with Crippen LogP contribution in [0.3, 0.4) is 0 Å². The van der Waals surface area contributed by atoms with Crippen molar-refractivity contribution < 1.29 is 4.79 Å². The second-order valence-electron chi connectivity index (χ2n) is 6.07. The molecule has 22 heavy (non-hydrogen) atoms. The Morgan fingerprint density at radius 3 is 2.50 bits per heavy atom. The number of carbonyl (C=O) groups excluding carboxylic acids is 1. The molecule has 1 aromatic carbocycles. The quantitative estimate of drug-likeness (QED) is 0.939. The zero-order valence-electron chi connectivity index (χ0n) is 12.5. The van der Waals surface area contributed by atoms with Gasteiger partial charge in [0.1, 0.15) is 0 Å². The number of anilines is 1. The summed E-state index contributed by atoms with van der Waals surface area (Å²) in [4.78, 5) is 23.0. The average Bonchev–Trinajstić information content (AvgIpc) is 2.48. The molecular formula is C17H18N4O. The highest BCUT2D eigenvalue weighted by atomic mass is 16.1. The van der Waals surface area contributed by atoms with Gasteiger partial charge in [-0.2, -0.15) is 0 Å². The largest absolute Gasteiger partial charge is 0.366 e. The number of aryl methyl sites for hydroxylation is 1. The molecule has 1 aliphatic heterocycles. The summed E-state index contributed by atoms with van der Waals surface area (Å²) >= 11 is 0. The molecule has 4 rings (SSSR count). The summed E-state index contributed by atoms with van der Waals surface area (Å²) < 4.78 is 0. The molecule has 1 aromatic heterocycles. The fourth-order valence-corrected chi connectivity index (χ4v) is 3.03. The van der Waals surface area contributed by atoms with E-state index in [4.69, 9.17) is 15.7 Å². The van der Waals surface area contributed by atoms with E-state index in [0.29, 0.717) is 11.6 Å². The van der Waals surface area contributed by atoms with Crippen molar-refractivity contribution in [2.75, 3.05) is 11.4 Å². The lowest BCUT2D eigenvalue weighted by Crippen LogP contribution is -2.47. The van der Waals surface area contributed by atoms with Crippen molar-refractivity contribution in [2.24, 2.45) is 5.73 Å². The molecular weight excluding hydrogens is 276 g/mol. The fourth-order valence-electron chi connectivity index (χ4n) is 3.03. The average molecular weight is 294 g/mol. The second kappa shape index (κ2) is 4.80. The van der Waals surface area contributed by atoms with Crippen molar-refractivity contribution in [3.8, 4) is 11.3 Å². The number of carbonyl (C=O) groups is 1. The van der Waals surface area contributed by atoms with Gasteiger partial charge in [-0.25, -0.2) is 9.97 Å². The third-order valence-electron chi connectivity index (χ3n) is 4.71. The minimum Gasteiger partial charge on any atom is -0.366 e. The van der Waals surface area contributed by atoms with Gasteiger partial charge in [0.2, 0.25) is 11.9 Å². The maximum Gasteiger partial charge on any atom is 0.248 e. The zero-order valence-corrected chi connectivity index (χ0v) is 12.5. The SMILES string of the molecule is C[C@H]1CCN1c1nc2c(c(-c3ccc(C(N)=O)cc3)n1)CC2. The zero-order chi connectivity index (χ0) is 15.3. The van der Waals surface area contributed by atoms with Gasteiger partial charge in [-0.1, -0.05) is 12.1 Å². The van der Waals surface area contributed by atoms with E-state index >= 15 is 0 Å². The Balaban J connectivity index is 1.76. The van der Waals surface area contributed by atoms with E-state index in [0.717, 1.165) is 42.3 Å². The smallest absolute Gasteiger partial charge is 0.248 e. The maximum atomic E-state index is 11.2. The molecule has 0 spiro atoms. The summed E-state index contributed by atoms with van der Waals surface area (Å²) in [6.07, 6.45) is 3.25. The standard InChI is InChI=1S/C17H18N4O/c1-10-8-9-21(10)17-19-14-7-6-13(14)15(20-17)11-2-4-12(5-3-11)16(18)22/h2-5,10H,6-9H2,1H3,(H2,18,22)/t10-/m0/s1. The Morgan fingerprint density at radius 2 is 2.00 bits per heavy atom. The highest BCUT2D eigenvalue weighted by Gasteiger charge is 2.30. The second-order valence-corrected chi connectivity index (χ2v) is 6.07. The van der Waals surface area contributed by atoms with E-state index in [2.05, 4.69) is 11.8 Å². The van der Waals surface area contributed by atoms with Crippen LogP contribution in [-0.4, -0.2) is 28.5 Å². The topological polar surface area (TPSA) is 72.1 Å². The summed E-state index contributed by atoms with van der Waals surface area (Å²) in [5.74, 6) is 0.434. The van der Waals surface area contributed by atoms with Gasteiger partial charge >= 0.3 is 0 Å². The Labute approximate surface area is 129 Å². The molecule has 1 amide bonds. The lowest BCUT2D eigenvalue weighted by atomic mass is 9.89. The van der Waals surface area contributed by atoms with Crippen LogP contribution in [0.5, 0.6) is 0 Å². The van der Waals surface area contributed by atoms with Crippen molar-refractivity contribution in [1.82, 2.24) is 9.97 Å². The van der Waals surface area contributed by atoms with Crippen molar-refractivity contribution in [3.63, 3.8) is 0 Å². The van der Waals surface area contributed by atoms with Gasteiger partial charge < -0.3 is 10.6 Å². The molecule has 1 saturated heterocycles. The fraction of sp³-hybridized carbons (Fsp3) is 0.353. The van der Waals surface area contributed by atoms with Gasteiger partial charge in [0, 0.05) is 29.3 Å². The third kappa shape index (κ3) is 1.96. The highest BCUT2D eigenvalue weighted by Crippen LogP contribution is 2.34. The summed E-state index contributed by atoms with van der Waals surface area (Å²) in [6, 6.07) is 7.88. The molecule has 112 valence electrons. The first-order chi connectivity index (χ1) is 10.6. The van der Waals surface area contributed by atoms with Crippen LogP contribution in [-0.2, 0) is 12.8 Å². The highest BCUT2D eigenvalue weighted by molar-refractivity contribution is 5.93. The van der Waals surface area contributed by atoms with Crippen LogP contribution in [0.2, 0.25) is 0 Å². The first-order valence-electron chi connectivity index (χ1n) is 7.70. The Bertz CT molecular complexity index is 754. The maximum absolute atomic E-state index is 11.2. The Kier molecular flexibility index (Phi) is 2.89. The van der Waals surface area contributed by atoms with E-state index in [9.17, 15) is 4.79 Å². The van der Waals surface area contributed by atoms with Gasteiger partial charge in [0.05, 0.1) is 11.4 Å². The molecule has 0 saturated carbocycles. The minimum absolute atomic E-state index is 0.405. The van der Waals surface area contributed by atoms with Crippen molar-refractivity contribution in [2.45, 2.75) is 32.2 Å². The number of rotatable bonds is 3. The van der Waals surface area contributed by atoms with E-state index in [1.807, 2.05) is 12.1 Å². The van der Waals surface area contributed by atoms with Gasteiger partial charge in [-0.05, 0) is 38.3 Å². The summed E-state index contributed by atoms with van der Waals surface area (Å²) in [5, 5.41) is 0. The number of hydrogen-bond acceptors (Lipinski definition) is 4. The monoisotopic (exact) mass is 294 g/mol. The lowest BCUT2D eigenvalue weighted by molar-refractivity contribution is 0.100. The van der Waals surface area contributed by atoms with E-state index in [1.165, 1.54) is 12.0 Å². The van der Waals surface area contributed by atoms with Crippen LogP contribution >= 0.6 is 0 Å². The first kappa shape index (κ1) is 13.2. The molecule has 1 fully saturated rings. The predicted octanol–water partition coefficient (Wildman–Crippen LogP) is 1.94. The molecule has 1 atom stereocenters. The number of hydrogen-bond donors (Lipinski definition) is 1. The molecule has 0 unspecified atom stereocenters. The van der Waals surface area contributed by atoms with E-state index in [1.54, 1.807) is 12.1 Å². The molecule has 5 heteroatoms. The Morgan fingerprint density at radius 1 is 1.23 bits per heavy atom. The minimum atomic E-state index is -0.405. The first-order valence-corrected chi connectivity index (χ1v) is 7.70. The van der Waals surface area contributed by atoms with Crippen LogP contribution in [0.25, 0.3) is 11.3 Å². The number of nitrogens with two attached hydrogens (primary N) is 1. The van der Waals surface area contributed by atoms with Crippen LogP contribution in [0.15, 0.2) is 24.3 Å². The van der Waals surface area contributed by atoms with Gasteiger partial charge in [0.25, 0.3) is 0 Å². The van der Waals surface area contributed by atoms with Gasteiger partial charge in [-0.3, -0.25) is 4.79 Å². The van der Waals surface area contributed by atoms with Crippen LogP contribution in [0.1, 0.15) is 35.0 Å². The van der Waals surface area contributed by atoms with Gasteiger partial charge in [-0.15, -0.1) is 0 Å². The molecule has 2 aromatic rings. The third-order valence-corrected chi connectivity index (χ3v) is 4.71. The molecule has 0 bridgehead atoms. The van der Waals surface area contributed by atoms with Crippen LogP contribution in [0.4, 0.5) is 5.95 Å². The van der Waals surface area contributed by atoms with E-state index < -0.39 is 5.91 Å². The number of primary amides is 1. The summed E-state index contributed by atoms with van der Waals surface area (Å²) in [7, 11) is 0. The molecule has 2 aliphatic rings. The van der Waals surface area contributed by atoms with Crippen LogP contribution in [0, 0.1) is 0 Å². The number of fused-ring (bicyclic) bond motifs is 1. The number of amides is 1. The lowest BCUT2D eigenvalue weighted by Gasteiger charge is -2.39. The summed E-state index contributed by atoms with van der Waals surface area (Å²) in [6.45, 7) is 3.23. The molecule has 1 aliphatic carbocycles. The number of nitrogens with zero attached hydrogens (tertiary/aromatic N) is 3.